The molecule has 4 N–H and O–H groups in total. The summed E-state index contributed by atoms with van der Waals surface area (Å²) in [5.74, 6) is 0.674. The SMILES string of the molecule is Cc1c(C(=O)Nc2cccc(Cl)c2)oc2c1/C(=N\NC(N)=S)CC(C)(C)C2. The number of carbonyl (C=O) groups excluding carboxylic acids is 1. The predicted octanol–water partition coefficient (Wildman–Crippen LogP) is 4.00. The monoisotopic (exact) mass is 404 g/mol. The standard InChI is InChI=1S/C19H21ClN4O2S/c1-10-15-13(23-24-18(21)27)8-19(2,3)9-14(15)26-16(10)17(25)22-12-6-4-5-11(20)7-12/h4-7H,8-9H2,1-3H3,(H,22,25)(H3,21,24,27)/b23-13-. The number of hydrogen-bond donors (Lipinski definition) is 3. The number of anilines is 1. The predicted molar refractivity (Wildman–Crippen MR) is 111 cm³/mol. The molecule has 0 unspecified atom stereocenters. The number of benzene rings is 1. The van der Waals surface area contributed by atoms with Crippen LogP contribution in [0.1, 0.15) is 47.7 Å². The van der Waals surface area contributed by atoms with E-state index in [1.54, 1.807) is 24.3 Å². The van der Waals surface area contributed by atoms with Crippen molar-refractivity contribution in [1.29, 1.82) is 0 Å². The molecular formula is C19H21ClN4O2S. The topological polar surface area (TPSA) is 92.6 Å². The average molecular weight is 405 g/mol. The molecule has 6 nitrogen and oxygen atoms in total. The molecule has 0 atom stereocenters. The van der Waals surface area contributed by atoms with Crippen LogP contribution in [0.3, 0.4) is 0 Å². The van der Waals surface area contributed by atoms with Crippen molar-refractivity contribution < 1.29 is 9.21 Å². The quantitative estimate of drug-likeness (QED) is 0.531. The van der Waals surface area contributed by atoms with E-state index in [9.17, 15) is 4.79 Å². The zero-order valence-corrected chi connectivity index (χ0v) is 16.9. The number of thiocarbonyl (C=S) groups is 1. The first kappa shape index (κ1) is 19.4. The molecule has 2 aromatic rings. The Morgan fingerprint density at radius 1 is 1.37 bits per heavy atom. The van der Waals surface area contributed by atoms with Crippen molar-refractivity contribution in [3.05, 3.63) is 51.9 Å². The molecule has 1 aromatic carbocycles. The number of hydrogen-bond acceptors (Lipinski definition) is 4. The van der Waals surface area contributed by atoms with Gasteiger partial charge in [0.25, 0.3) is 5.91 Å². The molecule has 1 aliphatic carbocycles. The Hall–Kier alpha value is -2.38. The van der Waals surface area contributed by atoms with E-state index in [0.717, 1.165) is 22.6 Å². The van der Waals surface area contributed by atoms with Crippen LogP contribution in [-0.4, -0.2) is 16.7 Å². The van der Waals surface area contributed by atoms with Crippen LogP contribution in [-0.2, 0) is 6.42 Å². The Bertz CT molecular complexity index is 949. The van der Waals surface area contributed by atoms with Crippen molar-refractivity contribution in [2.45, 2.75) is 33.6 Å². The average Bonchev–Trinajstić information content (AvgIpc) is 2.88. The van der Waals surface area contributed by atoms with Crippen molar-refractivity contribution in [3.8, 4) is 0 Å². The van der Waals surface area contributed by atoms with Crippen LogP contribution in [0.5, 0.6) is 0 Å². The Labute approximate surface area is 168 Å². The molecule has 0 fully saturated rings. The van der Waals surface area contributed by atoms with E-state index >= 15 is 0 Å². The smallest absolute Gasteiger partial charge is 0.291 e. The van der Waals surface area contributed by atoms with E-state index in [2.05, 4.69) is 29.7 Å². The Balaban J connectivity index is 1.97. The highest BCUT2D eigenvalue weighted by atomic mass is 35.5. The number of furan rings is 1. The van der Waals surface area contributed by atoms with Crippen LogP contribution in [0.15, 0.2) is 33.8 Å². The number of nitrogens with one attached hydrogen (secondary N) is 2. The second-order valence-corrected chi connectivity index (χ2v) is 8.25. The van der Waals surface area contributed by atoms with E-state index < -0.39 is 0 Å². The molecular weight excluding hydrogens is 384 g/mol. The molecule has 8 heteroatoms. The molecule has 0 aliphatic heterocycles. The van der Waals surface area contributed by atoms with E-state index in [-0.39, 0.29) is 22.2 Å². The number of rotatable bonds is 3. The molecule has 1 aliphatic rings. The van der Waals surface area contributed by atoms with Gasteiger partial charge in [0, 0.05) is 28.3 Å². The van der Waals surface area contributed by atoms with Crippen LogP contribution >= 0.6 is 23.8 Å². The summed E-state index contributed by atoms with van der Waals surface area (Å²) in [6.07, 6.45) is 1.42. The maximum absolute atomic E-state index is 12.8. The van der Waals surface area contributed by atoms with Gasteiger partial charge in [-0.05, 0) is 49.2 Å². The number of hydrazone groups is 1. The van der Waals surface area contributed by atoms with Gasteiger partial charge in [-0.15, -0.1) is 0 Å². The summed E-state index contributed by atoms with van der Waals surface area (Å²) in [4.78, 5) is 12.8. The third kappa shape index (κ3) is 4.31. The van der Waals surface area contributed by atoms with Gasteiger partial charge in [0.15, 0.2) is 10.9 Å². The van der Waals surface area contributed by atoms with Crippen LogP contribution in [0, 0.1) is 12.3 Å². The molecule has 142 valence electrons. The fraction of sp³-hybridized carbons (Fsp3) is 0.316. The van der Waals surface area contributed by atoms with Crippen LogP contribution in [0.2, 0.25) is 5.02 Å². The summed E-state index contributed by atoms with van der Waals surface area (Å²) in [7, 11) is 0. The highest BCUT2D eigenvalue weighted by Gasteiger charge is 2.36. The van der Waals surface area contributed by atoms with Gasteiger partial charge in [0.05, 0.1) is 5.71 Å². The lowest BCUT2D eigenvalue weighted by Gasteiger charge is -2.29. The van der Waals surface area contributed by atoms with E-state index in [1.807, 2.05) is 6.92 Å². The summed E-state index contributed by atoms with van der Waals surface area (Å²) in [6, 6.07) is 6.96. The Morgan fingerprint density at radius 3 is 2.78 bits per heavy atom. The molecule has 0 spiro atoms. The fourth-order valence-corrected chi connectivity index (χ4v) is 3.54. The second-order valence-electron chi connectivity index (χ2n) is 7.37. The molecule has 0 saturated carbocycles. The zero-order valence-electron chi connectivity index (χ0n) is 15.4. The van der Waals surface area contributed by atoms with Gasteiger partial charge in [0.2, 0.25) is 0 Å². The largest absolute Gasteiger partial charge is 0.455 e. The van der Waals surface area contributed by atoms with Gasteiger partial charge in [-0.2, -0.15) is 5.10 Å². The van der Waals surface area contributed by atoms with Gasteiger partial charge in [-0.1, -0.05) is 31.5 Å². The number of amides is 1. The molecule has 1 amide bonds. The first-order chi connectivity index (χ1) is 12.7. The minimum absolute atomic E-state index is 0.0608. The van der Waals surface area contributed by atoms with Crippen LogP contribution in [0.4, 0.5) is 5.69 Å². The first-order valence-electron chi connectivity index (χ1n) is 8.48. The lowest BCUT2D eigenvalue weighted by atomic mass is 9.75. The van der Waals surface area contributed by atoms with Crippen molar-refractivity contribution in [1.82, 2.24) is 5.43 Å². The summed E-state index contributed by atoms with van der Waals surface area (Å²) >= 11 is 10.8. The molecule has 3 rings (SSSR count). The van der Waals surface area contributed by atoms with Crippen LogP contribution < -0.4 is 16.5 Å². The molecule has 0 saturated heterocycles. The number of nitrogens with two attached hydrogens (primary N) is 1. The van der Waals surface area contributed by atoms with Crippen molar-refractivity contribution in [2.24, 2.45) is 16.3 Å². The number of nitrogens with zero attached hydrogens (tertiary/aromatic N) is 1. The van der Waals surface area contributed by atoms with E-state index in [1.165, 1.54) is 0 Å². The van der Waals surface area contributed by atoms with Gasteiger partial charge in [-0.25, -0.2) is 0 Å². The fourth-order valence-electron chi connectivity index (χ4n) is 3.30. The normalized spacial score (nSPS) is 16.7. The molecule has 1 heterocycles. The highest BCUT2D eigenvalue weighted by Crippen LogP contribution is 2.39. The zero-order chi connectivity index (χ0) is 19.8. The third-order valence-electron chi connectivity index (χ3n) is 4.38. The number of carbonyl (C=O) groups is 1. The van der Waals surface area contributed by atoms with Gasteiger partial charge in [-0.3, -0.25) is 10.2 Å². The van der Waals surface area contributed by atoms with Crippen LogP contribution in [0.25, 0.3) is 0 Å². The summed E-state index contributed by atoms with van der Waals surface area (Å²) in [6.45, 7) is 6.09. The van der Waals surface area contributed by atoms with Crippen molar-refractivity contribution in [2.75, 3.05) is 5.32 Å². The summed E-state index contributed by atoms with van der Waals surface area (Å²) in [5.41, 5.74) is 11.0. The third-order valence-corrected chi connectivity index (χ3v) is 4.71. The Kier molecular flexibility index (Phi) is 5.26. The molecule has 27 heavy (non-hydrogen) atoms. The van der Waals surface area contributed by atoms with Gasteiger partial charge < -0.3 is 15.5 Å². The highest BCUT2D eigenvalue weighted by molar-refractivity contribution is 7.80. The molecule has 0 bridgehead atoms. The molecule has 0 radical (unpaired) electrons. The maximum atomic E-state index is 12.8. The maximum Gasteiger partial charge on any atom is 0.291 e. The Morgan fingerprint density at radius 2 is 2.11 bits per heavy atom. The number of halogens is 1. The summed E-state index contributed by atoms with van der Waals surface area (Å²) < 4.78 is 5.96. The minimum Gasteiger partial charge on any atom is -0.455 e. The lowest BCUT2D eigenvalue weighted by molar-refractivity contribution is 0.0993. The molecule has 1 aromatic heterocycles. The van der Waals surface area contributed by atoms with Crippen molar-refractivity contribution in [3.63, 3.8) is 0 Å². The minimum atomic E-state index is -0.330. The van der Waals surface area contributed by atoms with Gasteiger partial charge >= 0.3 is 0 Å². The first-order valence-corrected chi connectivity index (χ1v) is 9.26. The van der Waals surface area contributed by atoms with Crippen molar-refractivity contribution >= 4 is 46.2 Å². The number of fused-ring (bicyclic) bond motifs is 1. The van der Waals surface area contributed by atoms with E-state index in [0.29, 0.717) is 23.6 Å². The summed E-state index contributed by atoms with van der Waals surface area (Å²) in [5, 5.41) is 7.80. The lowest BCUT2D eigenvalue weighted by Crippen LogP contribution is -2.31. The van der Waals surface area contributed by atoms with E-state index in [4.69, 9.17) is 34.0 Å². The second kappa shape index (κ2) is 7.32. The van der Waals surface area contributed by atoms with Gasteiger partial charge in [0.1, 0.15) is 5.76 Å².